The van der Waals surface area contributed by atoms with Gasteiger partial charge in [0.2, 0.25) is 0 Å². The molecule has 0 unspecified atom stereocenters. The van der Waals surface area contributed by atoms with Crippen molar-refractivity contribution in [2.45, 2.75) is 26.7 Å². The van der Waals surface area contributed by atoms with E-state index in [1.165, 1.54) is 0 Å². The SMILES string of the molecule is CCN(CC)CCC(=O)Cc1ccco1. The van der Waals surface area contributed by atoms with Crippen molar-refractivity contribution >= 4 is 5.78 Å². The second-order valence-electron chi connectivity index (χ2n) is 3.57. The van der Waals surface area contributed by atoms with Crippen molar-refractivity contribution in [1.29, 1.82) is 0 Å². The van der Waals surface area contributed by atoms with Crippen LogP contribution in [-0.2, 0) is 11.2 Å². The molecule has 0 saturated heterocycles. The fourth-order valence-corrected chi connectivity index (χ4v) is 1.52. The molecule has 0 aliphatic rings. The molecule has 0 aromatic carbocycles. The highest BCUT2D eigenvalue weighted by Crippen LogP contribution is 2.03. The van der Waals surface area contributed by atoms with E-state index in [4.69, 9.17) is 4.42 Å². The van der Waals surface area contributed by atoms with Crippen LogP contribution < -0.4 is 0 Å². The minimum absolute atomic E-state index is 0.247. The van der Waals surface area contributed by atoms with Crippen LogP contribution in [0.1, 0.15) is 26.0 Å². The molecule has 0 N–H and O–H groups in total. The zero-order valence-corrected chi connectivity index (χ0v) is 9.53. The Morgan fingerprint density at radius 1 is 1.40 bits per heavy atom. The molecular weight excluding hydrogens is 190 g/mol. The Balaban J connectivity index is 2.24. The second-order valence-corrected chi connectivity index (χ2v) is 3.57. The number of hydrogen-bond donors (Lipinski definition) is 0. The molecule has 1 aromatic heterocycles. The predicted octanol–water partition coefficient (Wildman–Crippen LogP) is 2.12. The number of rotatable bonds is 7. The maximum Gasteiger partial charge on any atom is 0.141 e. The number of ketones is 1. The summed E-state index contributed by atoms with van der Waals surface area (Å²) in [4.78, 5) is 13.8. The van der Waals surface area contributed by atoms with E-state index in [2.05, 4.69) is 18.7 Å². The van der Waals surface area contributed by atoms with Crippen LogP contribution in [0.5, 0.6) is 0 Å². The Kier molecular flexibility index (Phi) is 5.12. The standard InChI is InChI=1S/C12H19NO2/c1-3-13(4-2)8-7-11(14)10-12-6-5-9-15-12/h5-6,9H,3-4,7-8,10H2,1-2H3. The molecule has 0 amide bonds. The minimum atomic E-state index is 0.247. The van der Waals surface area contributed by atoms with E-state index in [9.17, 15) is 4.79 Å². The summed E-state index contributed by atoms with van der Waals surface area (Å²) in [5, 5.41) is 0. The van der Waals surface area contributed by atoms with E-state index in [1.54, 1.807) is 6.26 Å². The maximum absolute atomic E-state index is 11.6. The average Bonchev–Trinajstić information content (AvgIpc) is 2.72. The highest BCUT2D eigenvalue weighted by Gasteiger charge is 2.07. The maximum atomic E-state index is 11.6. The van der Waals surface area contributed by atoms with Gasteiger partial charge < -0.3 is 9.32 Å². The van der Waals surface area contributed by atoms with Crippen LogP contribution in [0.25, 0.3) is 0 Å². The quantitative estimate of drug-likeness (QED) is 0.689. The first-order valence-electron chi connectivity index (χ1n) is 5.52. The largest absolute Gasteiger partial charge is 0.469 e. The molecule has 0 atom stereocenters. The molecule has 1 aromatic rings. The lowest BCUT2D eigenvalue weighted by atomic mass is 10.2. The Morgan fingerprint density at radius 3 is 2.67 bits per heavy atom. The van der Waals surface area contributed by atoms with Gasteiger partial charge in [0.25, 0.3) is 0 Å². The van der Waals surface area contributed by atoms with Gasteiger partial charge in [-0.1, -0.05) is 13.8 Å². The van der Waals surface area contributed by atoms with Gasteiger partial charge >= 0.3 is 0 Å². The highest BCUT2D eigenvalue weighted by atomic mass is 16.3. The summed E-state index contributed by atoms with van der Waals surface area (Å²) in [5.74, 6) is 1.01. The first kappa shape index (κ1) is 12.0. The van der Waals surface area contributed by atoms with E-state index >= 15 is 0 Å². The summed E-state index contributed by atoms with van der Waals surface area (Å²) in [5.41, 5.74) is 0. The molecule has 0 aliphatic carbocycles. The Bertz CT molecular complexity index is 276. The Labute approximate surface area is 91.1 Å². The Morgan fingerprint density at radius 2 is 2.13 bits per heavy atom. The van der Waals surface area contributed by atoms with E-state index in [-0.39, 0.29) is 5.78 Å². The van der Waals surface area contributed by atoms with Crippen LogP contribution in [0.3, 0.4) is 0 Å². The molecule has 15 heavy (non-hydrogen) atoms. The minimum Gasteiger partial charge on any atom is -0.469 e. The van der Waals surface area contributed by atoms with Crippen LogP contribution in [0.2, 0.25) is 0 Å². The van der Waals surface area contributed by atoms with E-state index < -0.39 is 0 Å². The first-order valence-corrected chi connectivity index (χ1v) is 5.52. The zero-order chi connectivity index (χ0) is 11.1. The third-order valence-electron chi connectivity index (χ3n) is 2.55. The van der Waals surface area contributed by atoms with Crippen LogP contribution in [0.4, 0.5) is 0 Å². The number of hydrogen-bond acceptors (Lipinski definition) is 3. The third-order valence-corrected chi connectivity index (χ3v) is 2.55. The Hall–Kier alpha value is -1.09. The molecule has 1 rings (SSSR count). The first-order chi connectivity index (χ1) is 7.26. The molecule has 3 nitrogen and oxygen atoms in total. The fraction of sp³-hybridized carbons (Fsp3) is 0.583. The average molecular weight is 209 g/mol. The number of furan rings is 1. The molecule has 84 valence electrons. The summed E-state index contributed by atoms with van der Waals surface area (Å²) in [6.07, 6.45) is 2.64. The van der Waals surface area contributed by atoms with Gasteiger partial charge in [0, 0.05) is 13.0 Å². The lowest BCUT2D eigenvalue weighted by Crippen LogP contribution is -2.26. The molecule has 0 radical (unpaired) electrons. The van der Waals surface area contributed by atoms with Gasteiger partial charge in [-0.15, -0.1) is 0 Å². The second kappa shape index (κ2) is 6.40. The number of Topliss-reactive ketones (excluding diaryl/α,β-unsaturated/α-hetero) is 1. The molecule has 0 aliphatic heterocycles. The molecule has 3 heteroatoms. The van der Waals surface area contributed by atoms with Gasteiger partial charge in [0.05, 0.1) is 12.7 Å². The number of carbonyl (C=O) groups excluding carboxylic acids is 1. The molecule has 0 fully saturated rings. The van der Waals surface area contributed by atoms with Crippen LogP contribution in [0.15, 0.2) is 22.8 Å². The molecular formula is C12H19NO2. The van der Waals surface area contributed by atoms with Gasteiger partial charge in [-0.3, -0.25) is 4.79 Å². The van der Waals surface area contributed by atoms with E-state index in [1.807, 2.05) is 12.1 Å². The molecule has 0 saturated carbocycles. The van der Waals surface area contributed by atoms with Gasteiger partial charge in [-0.2, -0.15) is 0 Å². The summed E-state index contributed by atoms with van der Waals surface area (Å²) < 4.78 is 5.13. The van der Waals surface area contributed by atoms with Crippen molar-refractivity contribution in [3.8, 4) is 0 Å². The lowest BCUT2D eigenvalue weighted by molar-refractivity contribution is -0.119. The molecule has 0 spiro atoms. The topological polar surface area (TPSA) is 33.5 Å². The van der Waals surface area contributed by atoms with Crippen LogP contribution in [-0.4, -0.2) is 30.3 Å². The van der Waals surface area contributed by atoms with Crippen molar-refractivity contribution in [3.05, 3.63) is 24.2 Å². The smallest absolute Gasteiger partial charge is 0.141 e. The van der Waals surface area contributed by atoms with E-state index in [0.717, 1.165) is 25.4 Å². The van der Waals surface area contributed by atoms with Gasteiger partial charge in [-0.25, -0.2) is 0 Å². The normalized spacial score (nSPS) is 10.9. The number of nitrogens with zero attached hydrogens (tertiary/aromatic N) is 1. The van der Waals surface area contributed by atoms with Crippen molar-refractivity contribution in [1.82, 2.24) is 4.90 Å². The van der Waals surface area contributed by atoms with Crippen molar-refractivity contribution in [3.63, 3.8) is 0 Å². The van der Waals surface area contributed by atoms with Crippen molar-refractivity contribution in [2.75, 3.05) is 19.6 Å². The summed E-state index contributed by atoms with van der Waals surface area (Å²) in [6.45, 7) is 7.09. The summed E-state index contributed by atoms with van der Waals surface area (Å²) in [7, 11) is 0. The fourth-order valence-electron chi connectivity index (χ4n) is 1.52. The van der Waals surface area contributed by atoms with Crippen molar-refractivity contribution < 1.29 is 9.21 Å². The van der Waals surface area contributed by atoms with Crippen LogP contribution >= 0.6 is 0 Å². The molecule has 1 heterocycles. The van der Waals surface area contributed by atoms with Crippen molar-refractivity contribution in [2.24, 2.45) is 0 Å². The molecule has 0 bridgehead atoms. The third kappa shape index (κ3) is 4.30. The monoisotopic (exact) mass is 209 g/mol. The lowest BCUT2D eigenvalue weighted by Gasteiger charge is -2.16. The van der Waals surface area contributed by atoms with Gasteiger partial charge in [0.1, 0.15) is 11.5 Å². The van der Waals surface area contributed by atoms with Gasteiger partial charge in [0.15, 0.2) is 0 Å². The highest BCUT2D eigenvalue weighted by molar-refractivity contribution is 5.80. The predicted molar refractivity (Wildman–Crippen MR) is 59.8 cm³/mol. The van der Waals surface area contributed by atoms with Crippen LogP contribution in [0, 0.1) is 0 Å². The zero-order valence-electron chi connectivity index (χ0n) is 9.53. The number of carbonyl (C=O) groups is 1. The summed E-state index contributed by atoms with van der Waals surface area (Å²) in [6, 6.07) is 3.66. The van der Waals surface area contributed by atoms with E-state index in [0.29, 0.717) is 12.8 Å². The summed E-state index contributed by atoms with van der Waals surface area (Å²) >= 11 is 0. The van der Waals surface area contributed by atoms with Gasteiger partial charge in [-0.05, 0) is 25.2 Å².